The first-order valence-electron chi connectivity index (χ1n) is 5.22. The summed E-state index contributed by atoms with van der Waals surface area (Å²) in [5, 5.41) is 7.57. The number of aromatic nitrogens is 4. The van der Waals surface area contributed by atoms with Crippen LogP contribution >= 0.6 is 0 Å². The molecule has 0 atom stereocenters. The van der Waals surface area contributed by atoms with Crippen LogP contribution in [-0.4, -0.2) is 19.7 Å². The first-order valence-corrected chi connectivity index (χ1v) is 5.22. The van der Waals surface area contributed by atoms with Crippen LogP contribution in [0.3, 0.4) is 0 Å². The van der Waals surface area contributed by atoms with Gasteiger partial charge in [-0.3, -0.25) is 4.68 Å². The van der Waals surface area contributed by atoms with Crippen molar-refractivity contribution in [1.29, 1.82) is 0 Å². The summed E-state index contributed by atoms with van der Waals surface area (Å²) in [6, 6.07) is 3.91. The topological polar surface area (TPSA) is 55.6 Å². The SMILES string of the molecule is Cc1nccc(CNCc2ccn(C)n2)n1. The molecular formula is C11H15N5. The Morgan fingerprint density at radius 2 is 2.06 bits per heavy atom. The predicted molar refractivity (Wildman–Crippen MR) is 60.5 cm³/mol. The summed E-state index contributed by atoms with van der Waals surface area (Å²) in [7, 11) is 1.91. The highest BCUT2D eigenvalue weighted by molar-refractivity contribution is 5.02. The standard InChI is InChI=1S/C11H15N5/c1-9-13-5-3-10(14-9)7-12-8-11-4-6-16(2)15-11/h3-6,12H,7-8H2,1-2H3. The summed E-state index contributed by atoms with van der Waals surface area (Å²) in [6.45, 7) is 3.38. The number of nitrogens with one attached hydrogen (secondary N) is 1. The fourth-order valence-electron chi connectivity index (χ4n) is 1.48. The van der Waals surface area contributed by atoms with Gasteiger partial charge in [0.25, 0.3) is 0 Å². The molecule has 0 saturated heterocycles. The molecule has 2 aromatic rings. The van der Waals surface area contributed by atoms with Crippen LogP contribution in [0.15, 0.2) is 24.5 Å². The van der Waals surface area contributed by atoms with Crippen LogP contribution in [0.1, 0.15) is 17.2 Å². The summed E-state index contributed by atoms with van der Waals surface area (Å²) in [4.78, 5) is 8.37. The van der Waals surface area contributed by atoms with Crippen molar-refractivity contribution < 1.29 is 0 Å². The smallest absolute Gasteiger partial charge is 0.125 e. The molecule has 0 aliphatic rings. The lowest BCUT2D eigenvalue weighted by atomic mass is 10.3. The van der Waals surface area contributed by atoms with E-state index >= 15 is 0 Å². The second-order valence-corrected chi connectivity index (χ2v) is 3.68. The van der Waals surface area contributed by atoms with Gasteiger partial charge in [-0.25, -0.2) is 9.97 Å². The summed E-state index contributed by atoms with van der Waals surface area (Å²) in [5.41, 5.74) is 2.04. The van der Waals surface area contributed by atoms with E-state index in [4.69, 9.17) is 0 Å². The molecule has 0 saturated carbocycles. The summed E-state index contributed by atoms with van der Waals surface area (Å²) in [6.07, 6.45) is 3.71. The van der Waals surface area contributed by atoms with Gasteiger partial charge in [-0.1, -0.05) is 0 Å². The van der Waals surface area contributed by atoms with Gasteiger partial charge < -0.3 is 5.32 Å². The van der Waals surface area contributed by atoms with Crippen molar-refractivity contribution in [3.63, 3.8) is 0 Å². The maximum atomic E-state index is 4.31. The molecule has 2 rings (SSSR count). The quantitative estimate of drug-likeness (QED) is 0.823. The van der Waals surface area contributed by atoms with Gasteiger partial charge in [0.2, 0.25) is 0 Å². The van der Waals surface area contributed by atoms with Crippen molar-refractivity contribution in [1.82, 2.24) is 25.1 Å². The van der Waals surface area contributed by atoms with E-state index in [0.717, 1.165) is 30.3 Å². The lowest BCUT2D eigenvalue weighted by Gasteiger charge is -2.02. The van der Waals surface area contributed by atoms with Crippen LogP contribution in [0.4, 0.5) is 0 Å². The molecule has 0 radical (unpaired) electrons. The van der Waals surface area contributed by atoms with Gasteiger partial charge in [0.1, 0.15) is 5.82 Å². The second kappa shape index (κ2) is 4.85. The second-order valence-electron chi connectivity index (χ2n) is 3.68. The van der Waals surface area contributed by atoms with Crippen molar-refractivity contribution in [3.8, 4) is 0 Å². The number of rotatable bonds is 4. The van der Waals surface area contributed by atoms with E-state index in [0.29, 0.717) is 0 Å². The van der Waals surface area contributed by atoms with Crippen LogP contribution in [0, 0.1) is 6.92 Å². The molecule has 0 amide bonds. The largest absolute Gasteiger partial charge is 0.305 e. The Kier molecular flexibility index (Phi) is 3.26. The van der Waals surface area contributed by atoms with Gasteiger partial charge in [0.15, 0.2) is 0 Å². The van der Waals surface area contributed by atoms with Crippen molar-refractivity contribution in [2.75, 3.05) is 0 Å². The first-order chi connectivity index (χ1) is 7.74. The molecule has 2 aromatic heterocycles. The Hall–Kier alpha value is -1.75. The molecule has 0 bridgehead atoms. The molecule has 84 valence electrons. The highest BCUT2D eigenvalue weighted by Gasteiger charge is 1.98. The third-order valence-electron chi connectivity index (χ3n) is 2.21. The normalized spacial score (nSPS) is 10.6. The minimum absolute atomic E-state index is 0.736. The van der Waals surface area contributed by atoms with Gasteiger partial charge in [0.05, 0.1) is 11.4 Å². The third kappa shape index (κ3) is 2.87. The fraction of sp³-hybridized carbons (Fsp3) is 0.364. The molecule has 0 aliphatic carbocycles. The Morgan fingerprint density at radius 1 is 1.25 bits per heavy atom. The van der Waals surface area contributed by atoms with Crippen molar-refractivity contribution in [3.05, 3.63) is 41.7 Å². The molecule has 0 unspecified atom stereocenters. The molecule has 0 spiro atoms. The van der Waals surface area contributed by atoms with E-state index < -0.39 is 0 Å². The molecule has 5 heteroatoms. The van der Waals surface area contributed by atoms with Gasteiger partial charge in [-0.2, -0.15) is 5.10 Å². The van der Waals surface area contributed by atoms with Gasteiger partial charge in [-0.15, -0.1) is 0 Å². The van der Waals surface area contributed by atoms with Crippen LogP contribution < -0.4 is 5.32 Å². The Morgan fingerprint density at radius 3 is 2.75 bits per heavy atom. The zero-order chi connectivity index (χ0) is 11.4. The zero-order valence-corrected chi connectivity index (χ0v) is 9.51. The average molecular weight is 217 g/mol. The van der Waals surface area contributed by atoms with Crippen molar-refractivity contribution in [2.45, 2.75) is 20.0 Å². The predicted octanol–water partition coefficient (Wildman–Crippen LogP) is 0.808. The van der Waals surface area contributed by atoms with E-state index in [1.807, 2.05) is 32.3 Å². The minimum Gasteiger partial charge on any atom is -0.305 e. The minimum atomic E-state index is 0.736. The highest BCUT2D eigenvalue weighted by Crippen LogP contribution is 1.96. The zero-order valence-electron chi connectivity index (χ0n) is 9.51. The van der Waals surface area contributed by atoms with Crippen molar-refractivity contribution in [2.24, 2.45) is 7.05 Å². The van der Waals surface area contributed by atoms with E-state index in [2.05, 4.69) is 20.4 Å². The number of hydrogen-bond acceptors (Lipinski definition) is 4. The third-order valence-corrected chi connectivity index (χ3v) is 2.21. The Labute approximate surface area is 94.5 Å². The summed E-state index contributed by atoms with van der Waals surface area (Å²) in [5.74, 6) is 0.803. The molecule has 16 heavy (non-hydrogen) atoms. The van der Waals surface area contributed by atoms with Crippen LogP contribution in [-0.2, 0) is 20.1 Å². The molecule has 0 aliphatic heterocycles. The number of aryl methyl sites for hydroxylation is 2. The van der Waals surface area contributed by atoms with E-state index in [1.54, 1.807) is 10.9 Å². The van der Waals surface area contributed by atoms with Crippen LogP contribution in [0.5, 0.6) is 0 Å². The van der Waals surface area contributed by atoms with Gasteiger partial charge in [-0.05, 0) is 19.1 Å². The molecule has 2 heterocycles. The summed E-state index contributed by atoms with van der Waals surface area (Å²) >= 11 is 0. The maximum Gasteiger partial charge on any atom is 0.125 e. The fourth-order valence-corrected chi connectivity index (χ4v) is 1.48. The lowest BCUT2D eigenvalue weighted by molar-refractivity contribution is 0.645. The molecule has 0 fully saturated rings. The summed E-state index contributed by atoms with van der Waals surface area (Å²) < 4.78 is 1.80. The first kappa shape index (κ1) is 10.8. The Bertz CT molecular complexity index is 463. The van der Waals surface area contributed by atoms with Gasteiger partial charge >= 0.3 is 0 Å². The lowest BCUT2D eigenvalue weighted by Crippen LogP contribution is -2.14. The Balaban J connectivity index is 1.84. The molecule has 1 N–H and O–H groups in total. The van der Waals surface area contributed by atoms with Gasteiger partial charge in [0, 0.05) is 32.5 Å². The van der Waals surface area contributed by atoms with E-state index in [1.165, 1.54) is 0 Å². The average Bonchev–Trinajstić information content (AvgIpc) is 2.64. The number of hydrogen-bond donors (Lipinski definition) is 1. The maximum absolute atomic E-state index is 4.31. The number of nitrogens with zero attached hydrogens (tertiary/aromatic N) is 4. The van der Waals surface area contributed by atoms with Crippen LogP contribution in [0.2, 0.25) is 0 Å². The monoisotopic (exact) mass is 217 g/mol. The van der Waals surface area contributed by atoms with E-state index in [9.17, 15) is 0 Å². The van der Waals surface area contributed by atoms with E-state index in [-0.39, 0.29) is 0 Å². The molecule has 5 nitrogen and oxygen atoms in total. The molecular weight excluding hydrogens is 202 g/mol. The highest BCUT2D eigenvalue weighted by atomic mass is 15.3. The molecule has 0 aromatic carbocycles. The van der Waals surface area contributed by atoms with Crippen molar-refractivity contribution >= 4 is 0 Å². The van der Waals surface area contributed by atoms with Crippen LogP contribution in [0.25, 0.3) is 0 Å².